The molecule has 0 fully saturated rings. The van der Waals surface area contributed by atoms with Gasteiger partial charge in [0.2, 0.25) is 13.9 Å². The summed E-state index contributed by atoms with van der Waals surface area (Å²) in [5, 5.41) is 9.08. The molecule has 0 radical (unpaired) electrons. The summed E-state index contributed by atoms with van der Waals surface area (Å²) < 4.78 is 36.9. The number of carbonyl (C=O) groups is 1. The van der Waals surface area contributed by atoms with Gasteiger partial charge in [-0.05, 0) is 36.2 Å². The van der Waals surface area contributed by atoms with Gasteiger partial charge in [0.1, 0.15) is 0 Å². The molecule has 0 aromatic heterocycles. The predicted molar refractivity (Wildman–Crippen MR) is 168 cm³/mol. The molecule has 2 unspecified atom stereocenters. The summed E-state index contributed by atoms with van der Waals surface area (Å²) in [6.45, 7) is 2.26. The highest BCUT2D eigenvalue weighted by molar-refractivity contribution is 7.90. The second kappa shape index (κ2) is 22.4. The van der Waals surface area contributed by atoms with Gasteiger partial charge in [0.25, 0.3) is 10.0 Å². The third kappa shape index (κ3) is 18.1. The van der Waals surface area contributed by atoms with Crippen molar-refractivity contribution in [2.75, 3.05) is 5.73 Å². The van der Waals surface area contributed by atoms with Crippen molar-refractivity contribution in [2.45, 2.75) is 120 Å². The molecule has 0 bridgehead atoms. The first-order chi connectivity index (χ1) is 19.7. The number of hydrogen-bond acceptors (Lipinski definition) is 6. The summed E-state index contributed by atoms with van der Waals surface area (Å²) in [5.41, 5.74) is 6.53. The molecule has 0 aliphatic heterocycles. The monoisotopic (exact) mass is 610 g/mol. The quantitative estimate of drug-likeness (QED) is 0.0690. The molecule has 10 heteroatoms. The summed E-state index contributed by atoms with van der Waals surface area (Å²) in [7, 11) is -6.66. The van der Waals surface area contributed by atoms with Crippen LogP contribution in [0.2, 0.25) is 0 Å². The number of benzene rings is 2. The van der Waals surface area contributed by atoms with Gasteiger partial charge in [0, 0.05) is 12.1 Å². The van der Waals surface area contributed by atoms with Gasteiger partial charge in [0.15, 0.2) is 5.85 Å². The highest BCUT2D eigenvalue weighted by Crippen LogP contribution is 2.34. The fourth-order valence-corrected chi connectivity index (χ4v) is 5.83. The molecule has 0 heterocycles. The van der Waals surface area contributed by atoms with Crippen LogP contribution >= 0.6 is 8.03 Å². The summed E-state index contributed by atoms with van der Waals surface area (Å²) in [4.78, 5) is 20.5. The fraction of sp³-hybridized carbons (Fsp3) is 0.581. The molecule has 1 amide bonds. The van der Waals surface area contributed by atoms with Crippen molar-refractivity contribution >= 4 is 29.6 Å². The van der Waals surface area contributed by atoms with Gasteiger partial charge in [-0.15, -0.1) is 0 Å². The normalized spacial score (nSPS) is 12.7. The minimum absolute atomic E-state index is 0.0570. The Morgan fingerprint density at radius 1 is 0.780 bits per heavy atom. The molecule has 2 atom stereocenters. The first kappa shape index (κ1) is 36.8. The van der Waals surface area contributed by atoms with E-state index in [1.807, 2.05) is 0 Å². The average Bonchev–Trinajstić information content (AvgIpc) is 2.95. The zero-order valence-corrected chi connectivity index (χ0v) is 26.4. The van der Waals surface area contributed by atoms with E-state index in [0.29, 0.717) is 11.3 Å². The fourth-order valence-electron chi connectivity index (χ4n) is 4.34. The molecule has 0 aliphatic rings. The smallest absolute Gasteiger partial charge is 0.264 e. The van der Waals surface area contributed by atoms with Gasteiger partial charge in [-0.25, -0.2) is 13.1 Å². The largest absolute Gasteiger partial charge is 0.399 e. The number of carbonyl (C=O) groups excluding carboxylic acids is 1. The standard InChI is InChI=1S/C24H42N2O3S.C7H9O3P/c1-2-3-4-5-6-7-8-9-10-11-12-13-14-15-16-17-24(27)26-30(28,29)23-20-18-22(25)19-21-23;8-7(11(9)10)6-4-2-1-3-5-6/h18-21H,2-17,25H2,1H3,(H,26,27);1-5,7-8,11H,(H,9,10). The van der Waals surface area contributed by atoms with Gasteiger partial charge in [-0.3, -0.25) is 9.36 Å². The SMILES string of the molecule is CCCCCCCCCCCCCCCCCC(=O)NS(=O)(=O)c1ccc(N)cc1.O=[PH](O)C(O)c1ccccc1. The lowest BCUT2D eigenvalue weighted by Crippen LogP contribution is -2.30. The molecule has 2 rings (SSSR count). The molecule has 5 N–H and O–H groups in total. The topological polar surface area (TPSA) is 147 Å². The van der Waals surface area contributed by atoms with Crippen molar-refractivity contribution in [3.63, 3.8) is 0 Å². The third-order valence-corrected chi connectivity index (χ3v) is 8.99. The van der Waals surface area contributed by atoms with Gasteiger partial charge in [0.05, 0.1) is 4.90 Å². The zero-order chi connectivity index (χ0) is 30.3. The lowest BCUT2D eigenvalue weighted by Gasteiger charge is -2.07. The summed E-state index contributed by atoms with van der Waals surface area (Å²) in [5.74, 6) is -1.66. The Balaban J connectivity index is 0.000000634. The van der Waals surface area contributed by atoms with Crippen molar-refractivity contribution in [1.29, 1.82) is 0 Å². The Morgan fingerprint density at radius 3 is 1.66 bits per heavy atom. The van der Waals surface area contributed by atoms with Gasteiger partial charge < -0.3 is 15.7 Å². The molecule has 0 saturated carbocycles. The van der Waals surface area contributed by atoms with Crippen LogP contribution in [0, 0.1) is 0 Å². The van der Waals surface area contributed by atoms with E-state index in [2.05, 4.69) is 11.6 Å². The maximum atomic E-state index is 12.1. The van der Waals surface area contributed by atoms with E-state index in [1.54, 1.807) is 30.3 Å². The third-order valence-electron chi connectivity index (χ3n) is 6.80. The summed E-state index contributed by atoms with van der Waals surface area (Å²) in [6.07, 6.45) is 19.2. The number of sulfonamides is 1. The Morgan fingerprint density at radius 2 is 1.22 bits per heavy atom. The lowest BCUT2D eigenvalue weighted by molar-refractivity contribution is -0.119. The number of anilines is 1. The van der Waals surface area contributed by atoms with E-state index in [1.165, 1.54) is 101 Å². The Kier molecular flexibility index (Phi) is 20.1. The van der Waals surface area contributed by atoms with Crippen LogP contribution in [-0.2, 0) is 19.4 Å². The highest BCUT2D eigenvalue weighted by Gasteiger charge is 2.17. The Labute approximate surface area is 248 Å². The van der Waals surface area contributed by atoms with E-state index < -0.39 is 29.8 Å². The van der Waals surface area contributed by atoms with Crippen molar-refractivity contribution < 1.29 is 27.8 Å². The summed E-state index contributed by atoms with van der Waals surface area (Å²) >= 11 is 0. The van der Waals surface area contributed by atoms with Crippen LogP contribution in [0.5, 0.6) is 0 Å². The lowest BCUT2D eigenvalue weighted by atomic mass is 10.0. The molecule has 8 nitrogen and oxygen atoms in total. The second-order valence-electron chi connectivity index (χ2n) is 10.4. The van der Waals surface area contributed by atoms with Crippen LogP contribution in [0.4, 0.5) is 5.69 Å². The second-order valence-corrected chi connectivity index (χ2v) is 13.4. The molecule has 2 aromatic rings. The van der Waals surface area contributed by atoms with Gasteiger partial charge in [-0.1, -0.05) is 127 Å². The number of amides is 1. The van der Waals surface area contributed by atoms with Gasteiger partial charge >= 0.3 is 0 Å². The first-order valence-corrected chi connectivity index (χ1v) is 18.0. The van der Waals surface area contributed by atoms with Crippen LogP contribution in [0.3, 0.4) is 0 Å². The zero-order valence-electron chi connectivity index (χ0n) is 24.6. The highest BCUT2D eigenvalue weighted by atomic mass is 32.2. The van der Waals surface area contributed by atoms with Crippen LogP contribution in [0.15, 0.2) is 59.5 Å². The molecule has 0 aliphatic carbocycles. The number of aliphatic hydroxyl groups excluding tert-OH is 1. The predicted octanol–water partition coefficient (Wildman–Crippen LogP) is 7.48. The number of unbranched alkanes of at least 4 members (excludes halogenated alkanes) is 14. The minimum atomic E-state index is -3.80. The molecular weight excluding hydrogens is 559 g/mol. The van der Waals surface area contributed by atoms with E-state index in [0.717, 1.165) is 19.3 Å². The maximum absolute atomic E-state index is 12.1. The van der Waals surface area contributed by atoms with Crippen molar-refractivity contribution in [3.8, 4) is 0 Å². The molecule has 0 saturated heterocycles. The summed E-state index contributed by atoms with van der Waals surface area (Å²) in [6, 6.07) is 14.3. The number of aliphatic hydroxyl groups is 1. The number of nitrogens with two attached hydrogens (primary N) is 1. The minimum Gasteiger partial charge on any atom is -0.399 e. The number of hydrogen-bond donors (Lipinski definition) is 4. The van der Waals surface area contributed by atoms with E-state index in [9.17, 15) is 17.8 Å². The van der Waals surface area contributed by atoms with Crippen LogP contribution in [-0.4, -0.2) is 24.3 Å². The van der Waals surface area contributed by atoms with Gasteiger partial charge in [-0.2, -0.15) is 0 Å². The van der Waals surface area contributed by atoms with Crippen molar-refractivity contribution in [1.82, 2.24) is 4.72 Å². The van der Waals surface area contributed by atoms with Crippen molar-refractivity contribution in [3.05, 3.63) is 60.2 Å². The van der Waals surface area contributed by atoms with Crippen LogP contribution < -0.4 is 10.5 Å². The van der Waals surface area contributed by atoms with E-state index in [4.69, 9.17) is 15.7 Å². The van der Waals surface area contributed by atoms with Crippen LogP contribution in [0.1, 0.15) is 121 Å². The molecule has 0 spiro atoms. The molecule has 41 heavy (non-hydrogen) atoms. The van der Waals surface area contributed by atoms with E-state index >= 15 is 0 Å². The van der Waals surface area contributed by atoms with E-state index in [-0.39, 0.29) is 11.3 Å². The molecule has 232 valence electrons. The maximum Gasteiger partial charge on any atom is 0.264 e. The van der Waals surface area contributed by atoms with Crippen molar-refractivity contribution in [2.24, 2.45) is 0 Å². The Bertz CT molecular complexity index is 1080. The van der Waals surface area contributed by atoms with Crippen LogP contribution in [0.25, 0.3) is 0 Å². The molecular formula is C31H51N2O6PS. The first-order valence-electron chi connectivity index (χ1n) is 15.0. The number of nitrogens with one attached hydrogen (secondary N) is 1. The Hall–Kier alpha value is -2.19. The average molecular weight is 611 g/mol. The number of nitrogen functional groups attached to an aromatic ring is 1. The molecule has 2 aromatic carbocycles. The number of rotatable bonds is 20.